The quantitative estimate of drug-likeness (QED) is 0.310. The van der Waals surface area contributed by atoms with Crippen LogP contribution in [0.15, 0.2) is 0 Å². The van der Waals surface area contributed by atoms with Gasteiger partial charge >= 0.3 is 0 Å². The van der Waals surface area contributed by atoms with Crippen molar-refractivity contribution in [3.05, 3.63) is 0 Å². The molecule has 0 heterocycles. The van der Waals surface area contributed by atoms with Gasteiger partial charge < -0.3 is 0 Å². The SMILES string of the molecule is [2H]C#CC#CC#CC#CC#CC#CC#CC#CC#CC#CC#CC#CC#CC#CC#CC#CC#CC#CC#CC#CC#CC#CC#CC#CC#CC#CC#CC#CC#CC#CC#CC#CC#CC#CC#CC#CC#CC#CC#CC#CC#CC#CC#CC#CC#CC#CC#CC#CC#CC#CC#CC#CC#CC#CC#CC#CC#CC#CC#CC#C. The summed E-state index contributed by atoms with van der Waals surface area (Å²) in [6.07, 6.45) is 6.83. The van der Waals surface area contributed by atoms with E-state index in [0.29, 0.717) is 0 Å². The van der Waals surface area contributed by atoms with Crippen LogP contribution in [0, 0.1) is 711 Å². The molecular weight excluding hydrogens is 1440 g/mol. The fourth-order valence-electron chi connectivity index (χ4n) is 3.63. The fourth-order valence-corrected chi connectivity index (χ4v) is 3.63. The summed E-state index contributed by atoms with van der Waals surface area (Å²) in [5.41, 5.74) is 0. The van der Waals surface area contributed by atoms with Crippen LogP contribution < -0.4 is 0 Å². The molecule has 0 amide bonds. The zero-order chi connectivity index (χ0) is 86.1. The molecule has 0 aliphatic heterocycles. The van der Waals surface area contributed by atoms with E-state index in [2.05, 4.69) is 699 Å². The van der Waals surface area contributed by atoms with E-state index in [1.54, 1.807) is 0 Å². The topological polar surface area (TPSA) is 0 Å². The number of rotatable bonds is 0. The van der Waals surface area contributed by atoms with E-state index in [4.69, 9.17) is 7.79 Å². The molecule has 0 aromatic heterocycles. The second kappa shape index (κ2) is 92.6. The van der Waals surface area contributed by atoms with Crippen molar-refractivity contribution in [2.24, 2.45) is 0 Å². The predicted molar refractivity (Wildman–Crippen MR) is 469 cm³/mol. The molecule has 120 heavy (non-hydrogen) atoms. The Labute approximate surface area is 708 Å². The van der Waals surface area contributed by atoms with Gasteiger partial charge in [0.25, 0.3) is 0 Å². The summed E-state index contributed by atoms with van der Waals surface area (Å²) in [6, 6.07) is 0. The summed E-state index contributed by atoms with van der Waals surface area (Å²) in [6.45, 7) is 0. The summed E-state index contributed by atoms with van der Waals surface area (Å²) in [7, 11) is 0. The van der Waals surface area contributed by atoms with Crippen LogP contribution in [-0.2, 0) is 0 Å². The van der Waals surface area contributed by atoms with Gasteiger partial charge in [0, 0.05) is 604 Å². The molecule has 0 saturated heterocycles. The normalized spacial score (nSPS) is 4.01. The van der Waals surface area contributed by atoms with E-state index >= 15 is 0 Å². The third-order valence-electron chi connectivity index (χ3n) is 7.32. The Morgan fingerprint density at radius 1 is 0.0667 bits per heavy atom. The van der Waals surface area contributed by atoms with Crippen LogP contribution in [0.4, 0.5) is 0 Å². The van der Waals surface area contributed by atoms with Crippen LogP contribution in [-0.4, -0.2) is 0 Å². The number of hydrogen-bond donors (Lipinski definition) is 0. The van der Waals surface area contributed by atoms with Gasteiger partial charge in [0.1, 0.15) is 1.37 Å². The lowest BCUT2D eigenvalue weighted by Crippen LogP contribution is -1.57. The monoisotopic (exact) mass is 1440 g/mol. The minimum Gasteiger partial charge on any atom is -0.106 e. The van der Waals surface area contributed by atoms with E-state index < -0.39 is 0 Å². The highest BCUT2D eigenvalue weighted by Gasteiger charge is 1.69. The van der Waals surface area contributed by atoms with E-state index in [9.17, 15) is 0 Å². The van der Waals surface area contributed by atoms with Crippen molar-refractivity contribution in [3.63, 3.8) is 0 Å². The van der Waals surface area contributed by atoms with Crippen LogP contribution in [0.5, 0.6) is 0 Å². The number of terminal acetylenes is 2. The number of hydrogen-bond acceptors (Lipinski definition) is 0. The Bertz CT molecular complexity index is 8510. The third-order valence-corrected chi connectivity index (χ3v) is 7.32. The summed E-state index contributed by atoms with van der Waals surface area (Å²) in [5.74, 6) is 293. The molecule has 0 aromatic rings. The zero-order valence-electron chi connectivity index (χ0n) is 61.1. The largest absolute Gasteiger partial charge is 0.125 e. The zero-order valence-corrected chi connectivity index (χ0v) is 60.1. The smallest absolute Gasteiger partial charge is 0.106 e. The Morgan fingerprint density at radius 3 is 0.150 bits per heavy atom. The van der Waals surface area contributed by atoms with E-state index in [0.717, 1.165) is 0 Å². The van der Waals surface area contributed by atoms with Gasteiger partial charge in [-0.15, -0.1) is 12.8 Å². The van der Waals surface area contributed by atoms with Gasteiger partial charge in [-0.1, -0.05) is 0 Å². The lowest BCUT2D eigenvalue weighted by Gasteiger charge is -1.58. The molecule has 0 unspecified atom stereocenters. The molecule has 0 N–H and O–H groups in total. The Balaban J connectivity index is 4.65. The van der Waals surface area contributed by atoms with E-state index in [1.807, 2.05) is 6.40 Å². The van der Waals surface area contributed by atoms with Crippen molar-refractivity contribution in [2.75, 3.05) is 0 Å². The standard InChI is InChI=1S/C120H2/c1-3-5-7-9-11-13-15-17-19-21-23-25-27-29-31-33-35-37-39-41-43-45-47-49-51-53-55-57-59-61-63-65-67-69-71-73-75-77-79-81-83-85-87-89-91-93-95-97-99-101-103-105-107-109-111-113-115-117-119-120-118-116-114-112-110-108-106-104-102-100-98-96-94-92-90-88-86-84-82-80-78-76-74-72-70-68-66-64-62-60-58-56-54-52-50-48-46-44-42-40-38-36-34-32-30-28-26-24-22-20-18-16-14-12-10-8-6-4-2/h1-2H/i1D. The second-order valence-corrected chi connectivity index (χ2v) is 14.8. The highest BCUT2D eigenvalue weighted by molar-refractivity contribution is 5.58. The maximum absolute atomic E-state index is 6.59. The predicted octanol–water partition coefficient (Wildman–Crippen LogP) is 0.450. The average molecular weight is 1440 g/mol. The first kappa shape index (κ1) is 91.6. The highest BCUT2D eigenvalue weighted by atomic mass is 13.7. The van der Waals surface area contributed by atoms with Crippen LogP contribution in [0.3, 0.4) is 0 Å². The van der Waals surface area contributed by atoms with Crippen molar-refractivity contribution in [2.45, 2.75) is 0 Å². The molecule has 0 aliphatic rings. The van der Waals surface area contributed by atoms with Gasteiger partial charge in [0.15, 0.2) is 0 Å². The molecular formula is C120H2. The second-order valence-electron chi connectivity index (χ2n) is 14.8. The van der Waals surface area contributed by atoms with Gasteiger partial charge in [-0.25, -0.2) is 0 Å². The van der Waals surface area contributed by atoms with Crippen LogP contribution >= 0.6 is 0 Å². The Morgan fingerprint density at radius 2 is 0.108 bits per heavy atom. The first-order valence-electron chi connectivity index (χ1n) is 30.3. The Kier molecular flexibility index (Phi) is 70.7. The maximum atomic E-state index is 6.59. The molecule has 0 heteroatoms. The van der Waals surface area contributed by atoms with Gasteiger partial charge in [-0.2, -0.15) is 0 Å². The molecule has 0 bridgehead atoms. The van der Waals surface area contributed by atoms with Gasteiger partial charge in [0.05, 0.1) is 0 Å². The van der Waals surface area contributed by atoms with Crippen molar-refractivity contribution in [1.82, 2.24) is 0 Å². The first-order chi connectivity index (χ1) is 60.4. The summed E-state index contributed by atoms with van der Waals surface area (Å²) in [5, 5.41) is 0. The fraction of sp³-hybridized carbons (Fsp3) is 0. The van der Waals surface area contributed by atoms with Gasteiger partial charge in [-0.05, 0) is 94.7 Å². The molecule has 0 nitrogen and oxygen atoms in total. The first-order valence-corrected chi connectivity index (χ1v) is 29.8. The van der Waals surface area contributed by atoms with Crippen molar-refractivity contribution < 1.29 is 1.37 Å². The highest BCUT2D eigenvalue weighted by Crippen LogP contribution is 1.69. The summed E-state index contributed by atoms with van der Waals surface area (Å²) < 4.78 is 6.59. The summed E-state index contributed by atoms with van der Waals surface area (Å²) >= 11 is 0. The maximum Gasteiger partial charge on any atom is 0.125 e. The molecule has 0 saturated carbocycles. The van der Waals surface area contributed by atoms with Crippen molar-refractivity contribution in [3.8, 4) is 711 Å². The molecule has 0 atom stereocenters. The molecule has 0 radical (unpaired) electrons. The minimum absolute atomic E-state index is 1.87. The van der Waals surface area contributed by atoms with E-state index in [-0.39, 0.29) is 0 Å². The molecule has 482 valence electrons. The average Bonchev–Trinajstić information content (AvgIpc) is 2.28. The third kappa shape index (κ3) is 91.6. The minimum atomic E-state index is 1.87. The van der Waals surface area contributed by atoms with Crippen LogP contribution in [0.1, 0.15) is 1.37 Å². The van der Waals surface area contributed by atoms with Crippen LogP contribution in [0.25, 0.3) is 0 Å². The lowest BCUT2D eigenvalue weighted by atomic mass is 10.4. The summed E-state index contributed by atoms with van der Waals surface area (Å²) in [4.78, 5) is 0. The van der Waals surface area contributed by atoms with Gasteiger partial charge in [-0.3, -0.25) is 0 Å². The van der Waals surface area contributed by atoms with Crippen molar-refractivity contribution in [1.29, 1.82) is 0 Å². The Hall–Kier alpha value is -26.4. The molecule has 0 aliphatic carbocycles. The van der Waals surface area contributed by atoms with E-state index in [1.165, 1.54) is 0 Å². The van der Waals surface area contributed by atoms with Crippen molar-refractivity contribution >= 4 is 0 Å². The lowest BCUT2D eigenvalue weighted by molar-refractivity contribution is 2.31. The molecule has 0 rings (SSSR count). The molecule has 0 aromatic carbocycles. The van der Waals surface area contributed by atoms with Gasteiger partial charge in [0.2, 0.25) is 0 Å². The van der Waals surface area contributed by atoms with Crippen LogP contribution in [0.2, 0.25) is 0 Å². The molecule has 0 fully saturated rings. The molecule has 0 spiro atoms.